The number of sulfonamides is 1. The van der Waals surface area contributed by atoms with Crippen LogP contribution in [0.4, 0.5) is 0 Å². The SMILES string of the molecule is CSc1ccc(-c2cccc(CN3CCC(N[S+](=O)([O-])c4c(C)noc4C)CC3)c2)cc1. The lowest BCUT2D eigenvalue weighted by molar-refractivity contribution is 0.198. The monoisotopic (exact) mass is 471 g/mol. The van der Waals surface area contributed by atoms with E-state index in [0.717, 1.165) is 32.5 Å². The maximum absolute atomic E-state index is 12.8. The molecule has 0 bridgehead atoms. The molecule has 6 nitrogen and oxygen atoms in total. The van der Waals surface area contributed by atoms with Gasteiger partial charge in [0.15, 0.2) is 16.2 Å². The Balaban J connectivity index is 1.35. The largest absolute Gasteiger partial charge is 0.593 e. The number of aryl methyl sites for hydroxylation is 2. The van der Waals surface area contributed by atoms with E-state index in [1.165, 1.54) is 21.6 Å². The van der Waals surface area contributed by atoms with Crippen molar-refractivity contribution >= 4 is 22.2 Å². The van der Waals surface area contributed by atoms with Gasteiger partial charge in [-0.2, -0.15) is 0 Å². The van der Waals surface area contributed by atoms with E-state index in [-0.39, 0.29) is 10.9 Å². The van der Waals surface area contributed by atoms with E-state index in [0.29, 0.717) is 11.5 Å². The molecule has 0 amide bonds. The van der Waals surface area contributed by atoms with Crippen LogP contribution >= 0.6 is 11.8 Å². The molecule has 1 aliphatic heterocycles. The van der Waals surface area contributed by atoms with Crippen molar-refractivity contribution < 1.29 is 13.3 Å². The van der Waals surface area contributed by atoms with Gasteiger partial charge in [-0.15, -0.1) is 16.5 Å². The number of benzene rings is 2. The summed E-state index contributed by atoms with van der Waals surface area (Å²) in [7, 11) is -3.62. The molecule has 1 N–H and O–H groups in total. The van der Waals surface area contributed by atoms with Gasteiger partial charge < -0.3 is 9.08 Å². The Bertz CT molecular complexity index is 1090. The molecule has 1 unspecified atom stereocenters. The molecule has 0 aliphatic carbocycles. The van der Waals surface area contributed by atoms with E-state index in [2.05, 4.69) is 69.6 Å². The third kappa shape index (κ3) is 5.32. The molecule has 4 rings (SSSR count). The van der Waals surface area contributed by atoms with Crippen LogP contribution in [0, 0.1) is 13.8 Å². The summed E-state index contributed by atoms with van der Waals surface area (Å²) in [6.45, 7) is 5.84. The first-order valence-electron chi connectivity index (χ1n) is 10.8. The van der Waals surface area contributed by atoms with Gasteiger partial charge in [0.2, 0.25) is 4.90 Å². The van der Waals surface area contributed by atoms with Gasteiger partial charge in [-0.25, -0.2) is 0 Å². The third-order valence-corrected chi connectivity index (χ3v) is 8.41. The van der Waals surface area contributed by atoms with E-state index in [4.69, 9.17) is 4.52 Å². The molecule has 0 spiro atoms. The highest BCUT2D eigenvalue weighted by molar-refractivity contribution is 7.98. The van der Waals surface area contributed by atoms with E-state index in [1.807, 2.05) is 0 Å². The van der Waals surface area contributed by atoms with Crippen molar-refractivity contribution in [1.82, 2.24) is 14.8 Å². The molecular formula is C24H29N3O3S2. The van der Waals surface area contributed by atoms with Crippen LogP contribution in [0.25, 0.3) is 11.1 Å². The van der Waals surface area contributed by atoms with Crippen LogP contribution in [0.3, 0.4) is 0 Å². The molecular weight excluding hydrogens is 442 g/mol. The van der Waals surface area contributed by atoms with Crippen molar-refractivity contribution in [3.8, 4) is 11.1 Å². The molecule has 1 aliphatic rings. The number of nitrogens with one attached hydrogen (secondary N) is 1. The number of rotatable bonds is 7. The standard InChI is InChI=1S/C24H29N3O3S2/c1-17-24(18(2)30-25-17)32(28,29)26-22-11-13-27(14-12-22)16-19-5-4-6-21(15-19)20-7-9-23(31-3)10-8-20/h4-10,15,22H,11-14,16H2,1-3H3,(H-,26,28,29). The molecule has 1 aromatic heterocycles. The zero-order valence-electron chi connectivity index (χ0n) is 18.7. The first-order chi connectivity index (χ1) is 15.4. The van der Waals surface area contributed by atoms with Gasteiger partial charge >= 0.3 is 0 Å². The highest BCUT2D eigenvalue weighted by atomic mass is 32.3. The lowest BCUT2D eigenvalue weighted by atomic mass is 10.0. The number of hydrogen-bond acceptors (Lipinski definition) is 6. The molecule has 0 radical (unpaired) electrons. The Labute approximate surface area is 195 Å². The summed E-state index contributed by atoms with van der Waals surface area (Å²) in [5.41, 5.74) is 4.11. The fraction of sp³-hybridized carbons (Fsp3) is 0.375. The highest BCUT2D eigenvalue weighted by Crippen LogP contribution is 2.26. The van der Waals surface area contributed by atoms with Crippen molar-refractivity contribution in [2.24, 2.45) is 0 Å². The Hall–Kier alpha value is -1.97. The summed E-state index contributed by atoms with van der Waals surface area (Å²) in [6, 6.07) is 17.2. The summed E-state index contributed by atoms with van der Waals surface area (Å²) >= 11 is 1.75. The van der Waals surface area contributed by atoms with Crippen molar-refractivity contribution in [3.63, 3.8) is 0 Å². The maximum Gasteiger partial charge on any atom is 0.240 e. The summed E-state index contributed by atoms with van der Waals surface area (Å²) in [6.07, 6.45) is 3.64. The molecule has 3 aromatic rings. The minimum absolute atomic E-state index is 0.0776. The normalized spacial score (nSPS) is 17.4. The van der Waals surface area contributed by atoms with Crippen molar-refractivity contribution in [3.05, 3.63) is 65.5 Å². The van der Waals surface area contributed by atoms with Gasteiger partial charge in [-0.05, 0) is 60.9 Å². The van der Waals surface area contributed by atoms with Gasteiger partial charge in [0.05, 0.1) is 6.04 Å². The number of hydrogen-bond donors (Lipinski definition) is 1. The topological polar surface area (TPSA) is 81.4 Å². The first kappa shape index (κ1) is 23.2. The van der Waals surface area contributed by atoms with Crippen molar-refractivity contribution in [2.75, 3.05) is 19.3 Å². The second-order valence-corrected chi connectivity index (χ2v) is 10.8. The Morgan fingerprint density at radius 1 is 1.16 bits per heavy atom. The van der Waals surface area contributed by atoms with Crippen molar-refractivity contribution in [1.29, 1.82) is 0 Å². The van der Waals surface area contributed by atoms with Gasteiger partial charge in [-0.1, -0.05) is 39.7 Å². The van der Waals surface area contributed by atoms with Crippen LogP contribution in [0.1, 0.15) is 29.9 Å². The van der Waals surface area contributed by atoms with Crippen molar-refractivity contribution in [2.45, 2.75) is 49.1 Å². The fourth-order valence-electron chi connectivity index (χ4n) is 4.24. The van der Waals surface area contributed by atoms with Crippen LogP contribution in [-0.4, -0.2) is 40.0 Å². The average Bonchev–Trinajstić information content (AvgIpc) is 3.14. The second-order valence-electron chi connectivity index (χ2n) is 8.25. The Kier molecular flexibility index (Phi) is 7.17. The quantitative estimate of drug-likeness (QED) is 0.392. The lowest BCUT2D eigenvalue weighted by Crippen LogP contribution is -2.46. The van der Waals surface area contributed by atoms with Crippen LogP contribution in [0.5, 0.6) is 0 Å². The number of thioether (sulfide) groups is 1. The molecule has 2 heterocycles. The highest BCUT2D eigenvalue weighted by Gasteiger charge is 2.33. The maximum atomic E-state index is 12.8. The predicted octanol–water partition coefficient (Wildman–Crippen LogP) is 4.84. The summed E-state index contributed by atoms with van der Waals surface area (Å²) in [4.78, 5) is 3.82. The van der Waals surface area contributed by atoms with E-state index in [1.54, 1.807) is 25.6 Å². The van der Waals surface area contributed by atoms with Crippen LogP contribution in [-0.2, 0) is 21.2 Å². The smallest absolute Gasteiger partial charge is 0.240 e. The van der Waals surface area contributed by atoms with E-state index < -0.39 is 10.4 Å². The van der Waals surface area contributed by atoms with Gasteiger partial charge in [-0.3, -0.25) is 4.90 Å². The molecule has 8 heteroatoms. The molecule has 32 heavy (non-hydrogen) atoms. The number of nitrogens with zero attached hydrogens (tertiary/aromatic N) is 2. The number of likely N-dealkylation sites (tertiary alicyclic amines) is 1. The molecule has 2 aromatic carbocycles. The molecule has 0 saturated carbocycles. The average molecular weight is 472 g/mol. The third-order valence-electron chi connectivity index (χ3n) is 5.90. The first-order valence-corrected chi connectivity index (χ1v) is 13.5. The summed E-state index contributed by atoms with van der Waals surface area (Å²) in [5.74, 6) is 0.329. The lowest BCUT2D eigenvalue weighted by Gasteiger charge is -2.32. The molecule has 170 valence electrons. The Morgan fingerprint density at radius 2 is 1.88 bits per heavy atom. The second kappa shape index (κ2) is 9.89. The predicted molar refractivity (Wildman–Crippen MR) is 128 cm³/mol. The summed E-state index contributed by atoms with van der Waals surface area (Å²) in [5, 5.41) is 3.77. The molecule has 1 fully saturated rings. The summed E-state index contributed by atoms with van der Waals surface area (Å²) < 4.78 is 33.4. The van der Waals surface area contributed by atoms with Gasteiger partial charge in [0.25, 0.3) is 0 Å². The number of aromatic nitrogens is 1. The zero-order chi connectivity index (χ0) is 22.7. The minimum atomic E-state index is -3.62. The van der Waals surface area contributed by atoms with Gasteiger partial charge in [0, 0.05) is 31.5 Å². The Morgan fingerprint density at radius 3 is 2.50 bits per heavy atom. The minimum Gasteiger partial charge on any atom is -0.593 e. The van der Waals surface area contributed by atoms with Gasteiger partial charge in [0.1, 0.15) is 5.69 Å². The molecule has 1 saturated heterocycles. The van der Waals surface area contributed by atoms with Crippen LogP contribution in [0.15, 0.2) is 62.8 Å². The number of piperidine rings is 1. The van der Waals surface area contributed by atoms with Crippen LogP contribution < -0.4 is 4.72 Å². The van der Waals surface area contributed by atoms with E-state index in [9.17, 15) is 8.76 Å². The fourth-order valence-corrected chi connectivity index (χ4v) is 6.28. The van der Waals surface area contributed by atoms with Crippen LogP contribution in [0.2, 0.25) is 0 Å². The van der Waals surface area contributed by atoms with E-state index >= 15 is 0 Å². The zero-order valence-corrected chi connectivity index (χ0v) is 20.3. The molecule has 1 atom stereocenters.